The molecule has 0 aliphatic carbocycles. The summed E-state index contributed by atoms with van der Waals surface area (Å²) in [7, 11) is -3.50. The average Bonchev–Trinajstić information content (AvgIpc) is 2.72. The predicted molar refractivity (Wildman–Crippen MR) is 119 cm³/mol. The van der Waals surface area contributed by atoms with E-state index in [4.69, 9.17) is 27.9 Å². The smallest absolute Gasteiger partial charge is 0.450 e. The molecule has 0 radical (unpaired) electrons. The molecule has 2 unspecified atom stereocenters. The molecule has 174 valence electrons. The molecule has 7 nitrogen and oxygen atoms in total. The minimum Gasteiger partial charge on any atom is -0.450 e. The van der Waals surface area contributed by atoms with Crippen molar-refractivity contribution in [3.8, 4) is 0 Å². The van der Waals surface area contributed by atoms with Crippen molar-refractivity contribution >= 4 is 45.1 Å². The number of hydrogen-bond donors (Lipinski definition) is 2. The fourth-order valence-corrected chi connectivity index (χ4v) is 4.00. The summed E-state index contributed by atoms with van der Waals surface area (Å²) in [6, 6.07) is 10.9. The highest BCUT2D eigenvalue weighted by Gasteiger charge is 2.37. The summed E-state index contributed by atoms with van der Waals surface area (Å²) in [5.41, 5.74) is 1.66. The van der Waals surface area contributed by atoms with Crippen LogP contribution in [0.25, 0.3) is 0 Å². The number of carboxylic acid groups (broad SMARTS) is 1. The maximum atomic E-state index is 14.2. The van der Waals surface area contributed by atoms with E-state index in [9.17, 15) is 27.5 Å². The first kappa shape index (κ1) is 25.9. The van der Waals surface area contributed by atoms with E-state index in [1.54, 1.807) is 24.3 Å². The zero-order valence-electron chi connectivity index (χ0n) is 17.2. The number of carbonyl (C=O) groups excluding carboxylic acids is 1. The Bertz CT molecular complexity index is 1040. The van der Waals surface area contributed by atoms with Crippen molar-refractivity contribution < 1.29 is 32.2 Å². The molecular formula is C21H22Cl2FNO6S. The molecule has 0 bridgehead atoms. The zero-order valence-corrected chi connectivity index (χ0v) is 19.5. The van der Waals surface area contributed by atoms with Crippen molar-refractivity contribution in [3.63, 3.8) is 0 Å². The van der Waals surface area contributed by atoms with E-state index in [1.165, 1.54) is 24.3 Å². The van der Waals surface area contributed by atoms with Gasteiger partial charge in [-0.15, -0.1) is 0 Å². The van der Waals surface area contributed by atoms with Gasteiger partial charge in [0, 0.05) is 12.2 Å². The van der Waals surface area contributed by atoms with Gasteiger partial charge in [-0.05, 0) is 30.2 Å². The normalized spacial score (nSPS) is 14.4. The third-order valence-electron chi connectivity index (χ3n) is 4.78. The molecule has 2 aromatic rings. The molecule has 2 rings (SSSR count). The molecule has 32 heavy (non-hydrogen) atoms. The van der Waals surface area contributed by atoms with Gasteiger partial charge in [0.1, 0.15) is 12.8 Å². The number of halogens is 3. The molecule has 1 amide bonds. The molecule has 0 saturated carbocycles. The van der Waals surface area contributed by atoms with E-state index in [-0.39, 0.29) is 4.90 Å². The van der Waals surface area contributed by atoms with E-state index >= 15 is 0 Å². The standard InChI is InChI=1S/C21H22Cl2FNO6S/c1-12-3-5-14(6-4-12)18(31-21(27)28)17(16(11-24)25-20(26)19(22)23)13-7-9-15(10-8-13)32(2,29)30/h3-10,16-19H,11H2,1-2H3,(H,25,26)(H,27,28)/t16-,17?,18?/m1/s1. The topological polar surface area (TPSA) is 110 Å². The van der Waals surface area contributed by atoms with Crippen LogP contribution in [0, 0.1) is 6.92 Å². The van der Waals surface area contributed by atoms with E-state index in [0.717, 1.165) is 11.8 Å². The summed E-state index contributed by atoms with van der Waals surface area (Å²) in [4.78, 5) is 22.1. The monoisotopic (exact) mass is 505 g/mol. The first-order valence-corrected chi connectivity index (χ1v) is 12.1. The highest BCUT2D eigenvalue weighted by Crippen LogP contribution is 2.38. The summed E-state index contributed by atoms with van der Waals surface area (Å²) < 4.78 is 42.9. The number of alkyl halides is 3. The molecule has 0 spiro atoms. The molecule has 0 aliphatic rings. The quantitative estimate of drug-likeness (QED) is 0.390. The van der Waals surface area contributed by atoms with Crippen molar-refractivity contribution in [2.45, 2.75) is 34.7 Å². The largest absolute Gasteiger partial charge is 0.506 e. The van der Waals surface area contributed by atoms with Crippen LogP contribution in [0.2, 0.25) is 0 Å². The Morgan fingerprint density at radius 3 is 2.03 bits per heavy atom. The lowest BCUT2D eigenvalue weighted by Gasteiger charge is -2.33. The third-order valence-corrected chi connectivity index (χ3v) is 6.30. The van der Waals surface area contributed by atoms with Crippen molar-refractivity contribution in [3.05, 3.63) is 65.2 Å². The number of nitrogens with one attached hydrogen (secondary N) is 1. The number of ether oxygens (including phenoxy) is 1. The molecule has 0 fully saturated rings. The number of carbonyl (C=O) groups is 2. The van der Waals surface area contributed by atoms with Gasteiger partial charge in [0.25, 0.3) is 5.91 Å². The number of benzene rings is 2. The number of sulfone groups is 1. The van der Waals surface area contributed by atoms with Gasteiger partial charge in [0.15, 0.2) is 14.7 Å². The fraction of sp³-hybridized carbons (Fsp3) is 0.333. The van der Waals surface area contributed by atoms with Crippen LogP contribution in [0.15, 0.2) is 53.4 Å². The summed E-state index contributed by atoms with van der Waals surface area (Å²) in [6.45, 7) is 0.736. The van der Waals surface area contributed by atoms with E-state index in [2.05, 4.69) is 5.32 Å². The Labute approximate surface area is 195 Å². The minimum absolute atomic E-state index is 0.0217. The Balaban J connectivity index is 2.63. The van der Waals surface area contributed by atoms with Gasteiger partial charge in [0.05, 0.1) is 10.9 Å². The third kappa shape index (κ3) is 6.82. The van der Waals surface area contributed by atoms with Gasteiger partial charge in [-0.1, -0.05) is 65.2 Å². The second-order valence-corrected chi connectivity index (χ2v) is 10.3. The molecule has 0 saturated heterocycles. The van der Waals surface area contributed by atoms with Gasteiger partial charge < -0.3 is 15.2 Å². The molecule has 0 aliphatic heterocycles. The highest BCUT2D eigenvalue weighted by molar-refractivity contribution is 7.90. The minimum atomic E-state index is -3.50. The molecular weight excluding hydrogens is 484 g/mol. The lowest BCUT2D eigenvalue weighted by atomic mass is 9.83. The van der Waals surface area contributed by atoms with Crippen LogP contribution in [-0.4, -0.2) is 49.4 Å². The van der Waals surface area contributed by atoms with E-state index in [1.807, 2.05) is 6.92 Å². The summed E-state index contributed by atoms with van der Waals surface area (Å²) in [5.74, 6) is -1.94. The van der Waals surface area contributed by atoms with E-state index < -0.39 is 51.5 Å². The van der Waals surface area contributed by atoms with Gasteiger partial charge in [0.2, 0.25) is 0 Å². The lowest BCUT2D eigenvalue weighted by Crippen LogP contribution is -2.45. The molecule has 0 aromatic heterocycles. The highest BCUT2D eigenvalue weighted by atomic mass is 35.5. The van der Waals surface area contributed by atoms with Gasteiger partial charge in [-0.3, -0.25) is 4.79 Å². The zero-order chi connectivity index (χ0) is 24.1. The van der Waals surface area contributed by atoms with Crippen molar-refractivity contribution in [2.75, 3.05) is 12.9 Å². The summed E-state index contributed by atoms with van der Waals surface area (Å²) in [5, 5.41) is 11.7. The SMILES string of the molecule is Cc1ccc(C(OC(=O)O)C(c2ccc(S(C)(=O)=O)cc2)[C@@H](CF)NC(=O)C(Cl)Cl)cc1. The molecule has 11 heteroatoms. The van der Waals surface area contributed by atoms with Crippen LogP contribution in [0.1, 0.15) is 28.7 Å². The number of amides is 1. The van der Waals surface area contributed by atoms with Gasteiger partial charge in [-0.2, -0.15) is 0 Å². The van der Waals surface area contributed by atoms with Crippen molar-refractivity contribution in [1.82, 2.24) is 5.32 Å². The van der Waals surface area contributed by atoms with Crippen molar-refractivity contribution in [1.29, 1.82) is 0 Å². The molecule has 2 N–H and O–H groups in total. The average molecular weight is 506 g/mol. The fourth-order valence-electron chi connectivity index (χ4n) is 3.24. The lowest BCUT2D eigenvalue weighted by molar-refractivity contribution is -0.120. The second-order valence-electron chi connectivity index (χ2n) is 7.15. The number of rotatable bonds is 9. The van der Waals surface area contributed by atoms with Gasteiger partial charge >= 0.3 is 6.16 Å². The Hall–Kier alpha value is -2.36. The number of aryl methyl sites for hydroxylation is 1. The Morgan fingerprint density at radius 1 is 1.06 bits per heavy atom. The van der Waals surface area contributed by atoms with Crippen LogP contribution < -0.4 is 5.32 Å². The summed E-state index contributed by atoms with van der Waals surface area (Å²) >= 11 is 11.2. The van der Waals surface area contributed by atoms with Crippen LogP contribution in [0.4, 0.5) is 9.18 Å². The first-order chi connectivity index (χ1) is 14.9. The molecule has 3 atom stereocenters. The second kappa shape index (κ2) is 11.0. The van der Waals surface area contributed by atoms with Crippen LogP contribution in [-0.2, 0) is 19.4 Å². The van der Waals surface area contributed by atoms with Crippen LogP contribution in [0.3, 0.4) is 0 Å². The number of hydrogen-bond acceptors (Lipinski definition) is 5. The first-order valence-electron chi connectivity index (χ1n) is 9.34. The maximum absolute atomic E-state index is 14.2. The van der Waals surface area contributed by atoms with Crippen LogP contribution in [0.5, 0.6) is 0 Å². The van der Waals surface area contributed by atoms with Crippen LogP contribution >= 0.6 is 23.2 Å². The molecule has 2 aromatic carbocycles. The molecule has 0 heterocycles. The predicted octanol–water partition coefficient (Wildman–Crippen LogP) is 4.18. The summed E-state index contributed by atoms with van der Waals surface area (Å²) in [6.07, 6.45) is -1.81. The van der Waals surface area contributed by atoms with Crippen molar-refractivity contribution in [2.24, 2.45) is 0 Å². The Morgan fingerprint density at radius 2 is 1.59 bits per heavy atom. The maximum Gasteiger partial charge on any atom is 0.506 e. The van der Waals surface area contributed by atoms with Gasteiger partial charge in [-0.25, -0.2) is 17.6 Å². The Kier molecular flexibility index (Phi) is 8.89. The van der Waals surface area contributed by atoms with E-state index in [0.29, 0.717) is 11.1 Å².